The molecule has 214 valence electrons. The predicted molar refractivity (Wildman–Crippen MR) is 186 cm³/mol. The number of allylic oxidation sites excluding steroid dienone is 16. The molecule has 3 aromatic carbocycles. The molecule has 0 saturated heterocycles. The second kappa shape index (κ2) is 10.2. The molecule has 0 aliphatic heterocycles. The second-order valence-corrected chi connectivity index (χ2v) is 13.0. The highest BCUT2D eigenvalue weighted by Crippen LogP contribution is 2.65. The van der Waals surface area contributed by atoms with Gasteiger partial charge in [0.15, 0.2) is 0 Å². The van der Waals surface area contributed by atoms with E-state index in [0.717, 1.165) is 44.9 Å². The van der Waals surface area contributed by atoms with Crippen molar-refractivity contribution >= 4 is 28.0 Å². The fourth-order valence-electron chi connectivity index (χ4n) is 8.85. The first kappa shape index (κ1) is 25.8. The van der Waals surface area contributed by atoms with Crippen LogP contribution in [0.2, 0.25) is 0 Å². The van der Waals surface area contributed by atoms with Crippen LogP contribution in [0.25, 0.3) is 22.3 Å². The Hall–Kier alpha value is -4.62. The summed E-state index contributed by atoms with van der Waals surface area (Å²) in [6, 6.07) is 25.4. The van der Waals surface area contributed by atoms with Gasteiger partial charge in [0.1, 0.15) is 0 Å². The summed E-state index contributed by atoms with van der Waals surface area (Å²) >= 11 is 0. The van der Waals surface area contributed by atoms with E-state index >= 15 is 0 Å². The van der Waals surface area contributed by atoms with Crippen molar-refractivity contribution < 1.29 is 0 Å². The van der Waals surface area contributed by atoms with Gasteiger partial charge in [-0.1, -0.05) is 109 Å². The summed E-state index contributed by atoms with van der Waals surface area (Å²) in [5.74, 6) is 0.444. The van der Waals surface area contributed by atoms with E-state index in [-0.39, 0.29) is 5.41 Å². The second-order valence-electron chi connectivity index (χ2n) is 13.0. The van der Waals surface area contributed by atoms with Crippen molar-refractivity contribution in [1.82, 2.24) is 0 Å². The molecule has 0 bridgehead atoms. The van der Waals surface area contributed by atoms with Crippen molar-refractivity contribution in [3.05, 3.63) is 172 Å². The number of hydrogen-bond donors (Lipinski definition) is 1. The summed E-state index contributed by atoms with van der Waals surface area (Å²) in [6.45, 7) is 0. The number of fused-ring (bicyclic) bond motifs is 9. The lowest BCUT2D eigenvalue weighted by Gasteiger charge is -2.37. The molecule has 0 amide bonds. The van der Waals surface area contributed by atoms with Crippen LogP contribution in [0.3, 0.4) is 0 Å². The molecule has 9 rings (SSSR count). The van der Waals surface area contributed by atoms with Gasteiger partial charge in [0.05, 0.1) is 5.41 Å². The minimum absolute atomic E-state index is 0.103. The number of para-hydroxylation sites is 1. The summed E-state index contributed by atoms with van der Waals surface area (Å²) in [6.07, 6.45) is 31.2. The average molecular weight is 568 g/mol. The van der Waals surface area contributed by atoms with Gasteiger partial charge in [0, 0.05) is 22.9 Å². The Kier molecular flexibility index (Phi) is 6.01. The smallest absolute Gasteiger partial charge is 0.0537 e. The van der Waals surface area contributed by atoms with E-state index in [1.165, 1.54) is 61.5 Å². The highest BCUT2D eigenvalue weighted by molar-refractivity contribution is 5.94. The predicted octanol–water partition coefficient (Wildman–Crippen LogP) is 11.0. The number of benzene rings is 3. The summed E-state index contributed by atoms with van der Waals surface area (Å²) in [7, 11) is 0. The summed E-state index contributed by atoms with van der Waals surface area (Å²) in [5.41, 5.74) is 18.4. The minimum Gasteiger partial charge on any atom is -0.358 e. The molecule has 0 aromatic heterocycles. The first-order chi connectivity index (χ1) is 21.8. The number of hydrogen-bond acceptors (Lipinski definition) is 1. The van der Waals surface area contributed by atoms with Crippen molar-refractivity contribution in [2.24, 2.45) is 5.92 Å². The molecule has 0 radical (unpaired) electrons. The van der Waals surface area contributed by atoms with Gasteiger partial charge < -0.3 is 5.32 Å². The minimum atomic E-state index is -0.103. The number of anilines is 1. The highest BCUT2D eigenvalue weighted by Gasteiger charge is 2.56. The molecule has 0 saturated carbocycles. The quantitative estimate of drug-likeness (QED) is 0.331. The lowest BCUT2D eigenvalue weighted by molar-refractivity contribution is 0.490. The topological polar surface area (TPSA) is 12.0 Å². The van der Waals surface area contributed by atoms with Gasteiger partial charge in [0.25, 0.3) is 0 Å². The van der Waals surface area contributed by atoms with Crippen molar-refractivity contribution in [2.45, 2.75) is 50.4 Å². The van der Waals surface area contributed by atoms with Gasteiger partial charge in [-0.05, 0) is 119 Å². The normalized spacial score (nSPS) is 24.2. The Morgan fingerprint density at radius 3 is 2.45 bits per heavy atom. The third-order valence-corrected chi connectivity index (χ3v) is 10.8. The van der Waals surface area contributed by atoms with Crippen LogP contribution in [0.1, 0.15) is 78.3 Å². The van der Waals surface area contributed by atoms with Crippen LogP contribution >= 0.6 is 0 Å². The van der Waals surface area contributed by atoms with E-state index in [0.29, 0.717) is 5.92 Å². The average Bonchev–Trinajstić information content (AvgIpc) is 3.56. The van der Waals surface area contributed by atoms with E-state index in [1.807, 2.05) is 0 Å². The molecule has 0 fully saturated rings. The Balaban J connectivity index is 1.11. The van der Waals surface area contributed by atoms with E-state index in [2.05, 4.69) is 133 Å². The van der Waals surface area contributed by atoms with Crippen molar-refractivity contribution in [2.75, 3.05) is 5.32 Å². The molecular weight excluding hydrogens is 530 g/mol. The lowest BCUT2D eigenvalue weighted by atomic mass is 9.64. The maximum absolute atomic E-state index is 3.79. The van der Waals surface area contributed by atoms with Gasteiger partial charge in [0.2, 0.25) is 0 Å². The summed E-state index contributed by atoms with van der Waals surface area (Å²) in [5, 5.41) is 3.79. The molecule has 1 nitrogen and oxygen atoms in total. The fourth-order valence-corrected chi connectivity index (χ4v) is 8.85. The third-order valence-electron chi connectivity index (χ3n) is 10.8. The van der Waals surface area contributed by atoms with Gasteiger partial charge in [-0.15, -0.1) is 0 Å². The first-order valence-corrected chi connectivity index (χ1v) is 16.5. The van der Waals surface area contributed by atoms with E-state index in [1.54, 1.807) is 11.1 Å². The van der Waals surface area contributed by atoms with Crippen LogP contribution in [-0.4, -0.2) is 0 Å². The van der Waals surface area contributed by atoms with Crippen LogP contribution in [-0.2, 0) is 5.41 Å². The summed E-state index contributed by atoms with van der Waals surface area (Å²) in [4.78, 5) is 0. The monoisotopic (exact) mass is 567 g/mol. The maximum Gasteiger partial charge on any atom is 0.0537 e. The van der Waals surface area contributed by atoms with Crippen molar-refractivity contribution in [3.63, 3.8) is 0 Å². The molecule has 1 N–H and O–H groups in total. The van der Waals surface area contributed by atoms with Crippen LogP contribution in [0, 0.1) is 5.92 Å². The van der Waals surface area contributed by atoms with Gasteiger partial charge >= 0.3 is 0 Å². The largest absolute Gasteiger partial charge is 0.358 e. The fraction of sp³-hybridized carbons (Fsp3) is 0.209. The maximum atomic E-state index is 3.79. The zero-order chi connectivity index (χ0) is 29.1. The van der Waals surface area contributed by atoms with Gasteiger partial charge in [-0.2, -0.15) is 0 Å². The zero-order valence-corrected chi connectivity index (χ0v) is 25.2. The first-order valence-electron chi connectivity index (χ1n) is 16.5. The standard InChI is InChI=1S/C43H37N/c1-2-12-30(13-3-1)33-14-7-11-21-42(33)44-32-25-22-29(23-26-32)31-24-27-37-36-17-6-10-20-40(36)43(41(37)28-31)38-18-8-4-15-34(38)35-16-5-9-19-39(35)43/h2,4,6-15,17-19,21-22,24-25,27-28,40,44H,1,3,5,16,20,23,26H2. The molecule has 44 heavy (non-hydrogen) atoms. The third kappa shape index (κ3) is 3.78. The molecule has 2 atom stereocenters. The van der Waals surface area contributed by atoms with E-state index in [9.17, 15) is 0 Å². The Labute approximate surface area is 261 Å². The lowest BCUT2D eigenvalue weighted by Crippen LogP contribution is -2.33. The van der Waals surface area contributed by atoms with Crippen LogP contribution in [0.15, 0.2) is 139 Å². The number of rotatable bonds is 4. The Morgan fingerprint density at radius 2 is 1.57 bits per heavy atom. The van der Waals surface area contributed by atoms with Crippen LogP contribution in [0.5, 0.6) is 0 Å². The Morgan fingerprint density at radius 1 is 0.682 bits per heavy atom. The molecule has 2 unspecified atom stereocenters. The zero-order valence-electron chi connectivity index (χ0n) is 25.2. The molecule has 6 aliphatic carbocycles. The molecule has 6 aliphatic rings. The molecule has 1 spiro atoms. The van der Waals surface area contributed by atoms with Gasteiger partial charge in [-0.25, -0.2) is 0 Å². The van der Waals surface area contributed by atoms with Gasteiger partial charge in [-0.3, -0.25) is 0 Å². The van der Waals surface area contributed by atoms with E-state index in [4.69, 9.17) is 0 Å². The van der Waals surface area contributed by atoms with Crippen LogP contribution in [0.4, 0.5) is 5.69 Å². The highest BCUT2D eigenvalue weighted by atomic mass is 14.9. The van der Waals surface area contributed by atoms with Crippen LogP contribution < -0.4 is 5.32 Å². The van der Waals surface area contributed by atoms with Crippen molar-refractivity contribution in [3.8, 4) is 0 Å². The molecule has 0 heterocycles. The summed E-state index contributed by atoms with van der Waals surface area (Å²) < 4.78 is 0. The number of nitrogens with one attached hydrogen (secondary N) is 1. The SMILES string of the molecule is C1=CCC2C(=C1)c1ccc(C3=CC=C(Nc4ccccc4C4=CCCC=C4)CC3)cc1C21C2=C(CCC=C2)c2ccccc21. The molecule has 1 heteroatoms. The van der Waals surface area contributed by atoms with E-state index < -0.39 is 0 Å². The Bertz CT molecular complexity index is 1960. The molecule has 3 aromatic rings. The molecular formula is C43H37N. The van der Waals surface area contributed by atoms with Crippen molar-refractivity contribution in [1.29, 1.82) is 0 Å².